The van der Waals surface area contributed by atoms with Gasteiger partial charge >= 0.3 is 0 Å². The lowest BCUT2D eigenvalue weighted by molar-refractivity contribution is 0.0824. The first kappa shape index (κ1) is 22.8. The average Bonchev–Trinajstić information content (AvgIpc) is 3.18. The summed E-state index contributed by atoms with van der Waals surface area (Å²) < 4.78 is 0. The molecule has 3 heterocycles. The molecule has 0 N–H and O–H groups in total. The second kappa shape index (κ2) is 8.48. The zero-order valence-corrected chi connectivity index (χ0v) is 21.6. The van der Waals surface area contributed by atoms with E-state index >= 15 is 0 Å². The number of rotatable bonds is 4. The quantitative estimate of drug-likeness (QED) is 0.383. The van der Waals surface area contributed by atoms with Gasteiger partial charge < -0.3 is 4.90 Å². The molecule has 0 radical (unpaired) electrons. The van der Waals surface area contributed by atoms with E-state index < -0.39 is 0 Å². The molecule has 2 aromatic carbocycles. The van der Waals surface area contributed by atoms with Crippen LogP contribution in [0.5, 0.6) is 0 Å². The highest BCUT2D eigenvalue weighted by Crippen LogP contribution is 2.58. The standard InChI is InChI=1S/C34H34N2/c1-24(2)26-19-20-35-32(22-26)33(3)23-27(25-12-6-5-7-13-25)17-18-31(33)34(4)29-15-9-8-14-28(29)30-16-10-11-21-36(30)34/h5-24,30-31H,1-4H3/t30?,31-,33?,34+/m0/s1. The molecular weight excluding hydrogens is 436 g/mol. The van der Waals surface area contributed by atoms with Crippen LogP contribution in [-0.4, -0.2) is 9.88 Å². The maximum Gasteiger partial charge on any atom is 0.0736 e. The van der Waals surface area contributed by atoms with Crippen molar-refractivity contribution >= 4 is 5.57 Å². The van der Waals surface area contributed by atoms with Crippen molar-refractivity contribution in [2.45, 2.75) is 50.6 Å². The predicted molar refractivity (Wildman–Crippen MR) is 149 cm³/mol. The molecule has 3 aromatic rings. The summed E-state index contributed by atoms with van der Waals surface area (Å²) in [4.78, 5) is 7.60. The first-order valence-corrected chi connectivity index (χ1v) is 13.1. The van der Waals surface area contributed by atoms with Crippen LogP contribution in [0.3, 0.4) is 0 Å². The summed E-state index contributed by atoms with van der Waals surface area (Å²) in [6.07, 6.45) is 18.2. The smallest absolute Gasteiger partial charge is 0.0736 e. The Morgan fingerprint density at radius 3 is 2.47 bits per heavy atom. The first-order valence-electron chi connectivity index (χ1n) is 13.1. The second-order valence-electron chi connectivity index (χ2n) is 11.0. The van der Waals surface area contributed by atoms with Crippen molar-refractivity contribution in [1.82, 2.24) is 9.88 Å². The van der Waals surface area contributed by atoms with Gasteiger partial charge in [-0.25, -0.2) is 0 Å². The van der Waals surface area contributed by atoms with Gasteiger partial charge in [-0.2, -0.15) is 0 Å². The van der Waals surface area contributed by atoms with E-state index in [0.29, 0.717) is 5.92 Å². The summed E-state index contributed by atoms with van der Waals surface area (Å²) in [5.41, 5.74) is 7.23. The monoisotopic (exact) mass is 470 g/mol. The van der Waals surface area contributed by atoms with Crippen LogP contribution in [-0.2, 0) is 11.0 Å². The van der Waals surface area contributed by atoms with E-state index in [2.05, 4.69) is 142 Å². The molecule has 1 aliphatic carbocycles. The van der Waals surface area contributed by atoms with Crippen molar-refractivity contribution in [3.63, 3.8) is 0 Å². The number of hydrogen-bond donors (Lipinski definition) is 0. The van der Waals surface area contributed by atoms with Crippen LogP contribution in [0.25, 0.3) is 5.57 Å². The number of aromatic nitrogens is 1. The SMILES string of the molecule is CC(C)c1ccnc(C2(C)C=C(c3ccccc3)C=C[C@@H]2[C@@]2(C)c3ccccc3C3C=CC=CN32)c1. The van der Waals surface area contributed by atoms with Gasteiger partial charge in [0.2, 0.25) is 0 Å². The van der Waals surface area contributed by atoms with Crippen LogP contribution in [0.2, 0.25) is 0 Å². The van der Waals surface area contributed by atoms with Gasteiger partial charge in [0.15, 0.2) is 0 Å². The van der Waals surface area contributed by atoms with Crippen molar-refractivity contribution in [2.24, 2.45) is 5.92 Å². The summed E-state index contributed by atoms with van der Waals surface area (Å²) in [5, 5.41) is 0. The van der Waals surface area contributed by atoms with Gasteiger partial charge in [-0.3, -0.25) is 4.98 Å². The molecule has 6 rings (SSSR count). The van der Waals surface area contributed by atoms with E-state index in [1.807, 2.05) is 6.20 Å². The zero-order chi connectivity index (χ0) is 24.9. The van der Waals surface area contributed by atoms with E-state index in [4.69, 9.17) is 4.98 Å². The lowest BCUT2D eigenvalue weighted by Crippen LogP contribution is -2.51. The van der Waals surface area contributed by atoms with Gasteiger partial charge in [0.1, 0.15) is 0 Å². The Labute approximate surface area is 215 Å². The summed E-state index contributed by atoms with van der Waals surface area (Å²) in [7, 11) is 0. The van der Waals surface area contributed by atoms with E-state index in [0.717, 1.165) is 5.69 Å². The number of benzene rings is 2. The molecule has 180 valence electrons. The molecule has 2 aliphatic heterocycles. The molecule has 0 saturated heterocycles. The van der Waals surface area contributed by atoms with E-state index in [9.17, 15) is 0 Å². The van der Waals surface area contributed by atoms with Crippen LogP contribution >= 0.6 is 0 Å². The molecule has 0 bridgehead atoms. The lowest BCUT2D eigenvalue weighted by Gasteiger charge is -2.50. The maximum absolute atomic E-state index is 5.03. The third-order valence-corrected chi connectivity index (χ3v) is 8.60. The van der Waals surface area contributed by atoms with Crippen molar-refractivity contribution in [3.05, 3.63) is 144 Å². The minimum Gasteiger partial charge on any atom is -0.357 e. The Kier molecular flexibility index (Phi) is 5.37. The van der Waals surface area contributed by atoms with Crippen molar-refractivity contribution in [3.8, 4) is 0 Å². The van der Waals surface area contributed by atoms with Gasteiger partial charge in [0.25, 0.3) is 0 Å². The molecule has 2 unspecified atom stereocenters. The zero-order valence-electron chi connectivity index (χ0n) is 21.6. The fraction of sp³-hybridized carbons (Fsp3) is 0.265. The van der Waals surface area contributed by atoms with E-state index in [-0.39, 0.29) is 22.9 Å². The average molecular weight is 471 g/mol. The van der Waals surface area contributed by atoms with Crippen LogP contribution in [0, 0.1) is 5.92 Å². The highest BCUT2D eigenvalue weighted by molar-refractivity contribution is 5.77. The van der Waals surface area contributed by atoms with Crippen LogP contribution in [0.15, 0.2) is 116 Å². The molecule has 36 heavy (non-hydrogen) atoms. The fourth-order valence-corrected chi connectivity index (χ4v) is 6.65. The van der Waals surface area contributed by atoms with Crippen LogP contribution in [0.4, 0.5) is 0 Å². The molecule has 0 spiro atoms. The number of pyridine rings is 1. The molecule has 1 aromatic heterocycles. The minimum atomic E-state index is -0.309. The third-order valence-electron chi connectivity index (χ3n) is 8.60. The molecule has 0 amide bonds. The fourth-order valence-electron chi connectivity index (χ4n) is 6.65. The van der Waals surface area contributed by atoms with E-state index in [1.165, 1.54) is 27.8 Å². The van der Waals surface area contributed by atoms with Gasteiger partial charge in [0, 0.05) is 23.7 Å². The van der Waals surface area contributed by atoms with Crippen molar-refractivity contribution in [1.29, 1.82) is 0 Å². The second-order valence-corrected chi connectivity index (χ2v) is 11.0. The van der Waals surface area contributed by atoms with Gasteiger partial charge in [-0.15, -0.1) is 0 Å². The maximum atomic E-state index is 5.03. The highest BCUT2D eigenvalue weighted by Gasteiger charge is 2.55. The molecule has 2 nitrogen and oxygen atoms in total. The molecule has 3 aliphatic rings. The Balaban J connectivity index is 1.57. The van der Waals surface area contributed by atoms with Gasteiger partial charge in [0.05, 0.1) is 17.3 Å². The molecule has 4 atom stereocenters. The first-order chi connectivity index (χ1) is 17.4. The van der Waals surface area contributed by atoms with Gasteiger partial charge in [-0.05, 0) is 65.8 Å². The third kappa shape index (κ3) is 3.35. The minimum absolute atomic E-state index is 0.176. The number of fused-ring (bicyclic) bond motifs is 3. The Bertz CT molecular complexity index is 1410. The molecule has 0 fully saturated rings. The number of allylic oxidation sites excluding steroid dienone is 5. The summed E-state index contributed by atoms with van der Waals surface area (Å²) in [6.45, 7) is 9.33. The predicted octanol–water partition coefficient (Wildman–Crippen LogP) is 8.09. The molecular formula is C34H34N2. The Morgan fingerprint density at radius 1 is 0.889 bits per heavy atom. The number of hydrogen-bond acceptors (Lipinski definition) is 2. The Morgan fingerprint density at radius 2 is 1.67 bits per heavy atom. The molecule has 2 heteroatoms. The van der Waals surface area contributed by atoms with Crippen molar-refractivity contribution < 1.29 is 0 Å². The topological polar surface area (TPSA) is 16.1 Å². The normalized spacial score (nSPS) is 28.2. The number of nitrogens with zero attached hydrogens (tertiary/aromatic N) is 2. The van der Waals surface area contributed by atoms with Gasteiger partial charge in [-0.1, -0.05) is 98.8 Å². The largest absolute Gasteiger partial charge is 0.357 e. The van der Waals surface area contributed by atoms with E-state index in [1.54, 1.807) is 0 Å². The Hall–Kier alpha value is -3.65. The van der Waals surface area contributed by atoms with Crippen LogP contribution < -0.4 is 0 Å². The summed E-state index contributed by atoms with van der Waals surface area (Å²) in [6, 6.07) is 24.5. The van der Waals surface area contributed by atoms with Crippen LogP contribution in [0.1, 0.15) is 67.6 Å². The lowest BCUT2D eigenvalue weighted by atomic mass is 9.60. The summed E-state index contributed by atoms with van der Waals surface area (Å²) >= 11 is 0. The van der Waals surface area contributed by atoms with Crippen molar-refractivity contribution in [2.75, 3.05) is 0 Å². The summed E-state index contributed by atoms with van der Waals surface area (Å²) in [5.74, 6) is 0.627. The highest BCUT2D eigenvalue weighted by atomic mass is 15.2. The molecule has 0 saturated carbocycles.